The van der Waals surface area contributed by atoms with Crippen molar-refractivity contribution < 1.29 is 5.11 Å². The second-order valence-corrected chi connectivity index (χ2v) is 6.34. The molecular weight excluding hydrogens is 258 g/mol. The molecule has 1 aliphatic heterocycles. The number of rotatable bonds is 2. The summed E-state index contributed by atoms with van der Waals surface area (Å²) in [6, 6.07) is 13.2. The van der Waals surface area contributed by atoms with Crippen molar-refractivity contribution in [2.75, 3.05) is 6.54 Å². The molecule has 2 aromatic carbocycles. The molecule has 1 aliphatic rings. The largest absolute Gasteiger partial charge is 0.507 e. The Morgan fingerprint density at radius 3 is 2.76 bits per heavy atom. The molecule has 0 amide bonds. The van der Waals surface area contributed by atoms with Crippen molar-refractivity contribution in [3.05, 3.63) is 42.0 Å². The van der Waals surface area contributed by atoms with Crippen LogP contribution in [0.5, 0.6) is 5.75 Å². The van der Waals surface area contributed by atoms with Crippen LogP contribution >= 0.6 is 0 Å². The Morgan fingerprint density at radius 1 is 1.10 bits per heavy atom. The average Bonchev–Trinajstić information content (AvgIpc) is 2.72. The maximum absolute atomic E-state index is 10.7. The maximum Gasteiger partial charge on any atom is 0.128 e. The van der Waals surface area contributed by atoms with E-state index in [1.807, 2.05) is 18.2 Å². The van der Waals surface area contributed by atoms with Gasteiger partial charge in [-0.25, -0.2) is 0 Å². The fraction of sp³-hybridized carbons (Fsp3) is 0.474. The van der Waals surface area contributed by atoms with E-state index >= 15 is 0 Å². The molecule has 2 heteroatoms. The molecule has 1 heterocycles. The molecule has 21 heavy (non-hydrogen) atoms. The summed E-state index contributed by atoms with van der Waals surface area (Å²) in [6.07, 6.45) is 5.19. The lowest BCUT2D eigenvalue weighted by Gasteiger charge is -2.33. The fourth-order valence-corrected chi connectivity index (χ4v) is 3.66. The van der Waals surface area contributed by atoms with Gasteiger partial charge in [0.15, 0.2) is 0 Å². The number of aromatic hydroxyl groups is 1. The third-order valence-corrected chi connectivity index (χ3v) is 4.98. The normalized spacial score (nSPS) is 22.1. The molecule has 2 atom stereocenters. The Kier molecular flexibility index (Phi) is 4.16. The molecule has 0 spiro atoms. The minimum absolute atomic E-state index is 0.266. The van der Waals surface area contributed by atoms with Crippen LogP contribution in [0.3, 0.4) is 0 Å². The van der Waals surface area contributed by atoms with Gasteiger partial charge in [0, 0.05) is 23.0 Å². The van der Waals surface area contributed by atoms with Gasteiger partial charge in [-0.15, -0.1) is 0 Å². The second kappa shape index (κ2) is 6.07. The van der Waals surface area contributed by atoms with E-state index in [0.717, 1.165) is 22.9 Å². The van der Waals surface area contributed by atoms with Gasteiger partial charge in [-0.1, -0.05) is 49.2 Å². The highest BCUT2D eigenvalue weighted by Crippen LogP contribution is 2.36. The van der Waals surface area contributed by atoms with Crippen LogP contribution < -0.4 is 0 Å². The number of hydrogen-bond donors (Lipinski definition) is 1. The van der Waals surface area contributed by atoms with Gasteiger partial charge in [0.25, 0.3) is 0 Å². The quantitative estimate of drug-likeness (QED) is 0.850. The van der Waals surface area contributed by atoms with Crippen molar-refractivity contribution in [1.29, 1.82) is 0 Å². The van der Waals surface area contributed by atoms with Gasteiger partial charge < -0.3 is 5.11 Å². The van der Waals surface area contributed by atoms with E-state index in [-0.39, 0.29) is 6.04 Å². The van der Waals surface area contributed by atoms with Gasteiger partial charge in [0.2, 0.25) is 0 Å². The number of phenols is 1. The number of nitrogens with zero attached hydrogens (tertiary/aromatic N) is 1. The van der Waals surface area contributed by atoms with E-state index in [1.54, 1.807) is 0 Å². The van der Waals surface area contributed by atoms with E-state index in [1.165, 1.54) is 25.7 Å². The average molecular weight is 283 g/mol. The first kappa shape index (κ1) is 14.4. The summed E-state index contributed by atoms with van der Waals surface area (Å²) >= 11 is 0. The summed E-state index contributed by atoms with van der Waals surface area (Å²) in [5.74, 6) is 0.456. The van der Waals surface area contributed by atoms with Crippen molar-refractivity contribution in [3.63, 3.8) is 0 Å². The van der Waals surface area contributed by atoms with Crippen LogP contribution in [0, 0.1) is 0 Å². The predicted molar refractivity (Wildman–Crippen MR) is 88.7 cm³/mol. The van der Waals surface area contributed by atoms with Gasteiger partial charge in [0.1, 0.15) is 5.75 Å². The molecule has 1 saturated heterocycles. The van der Waals surface area contributed by atoms with E-state index in [2.05, 4.69) is 36.9 Å². The SMILES string of the molecule is CC1CCCCCN1C(C)c1ccc2ccccc2c1O. The van der Waals surface area contributed by atoms with Crippen molar-refractivity contribution >= 4 is 10.8 Å². The maximum atomic E-state index is 10.7. The van der Waals surface area contributed by atoms with Crippen molar-refractivity contribution in [1.82, 2.24) is 4.90 Å². The van der Waals surface area contributed by atoms with Crippen molar-refractivity contribution in [3.8, 4) is 5.75 Å². The van der Waals surface area contributed by atoms with E-state index < -0.39 is 0 Å². The van der Waals surface area contributed by atoms with Crippen LogP contribution in [0.2, 0.25) is 0 Å². The van der Waals surface area contributed by atoms with Crippen LogP contribution in [0.15, 0.2) is 36.4 Å². The number of hydrogen-bond acceptors (Lipinski definition) is 2. The van der Waals surface area contributed by atoms with E-state index in [4.69, 9.17) is 0 Å². The molecule has 3 rings (SSSR count). The Bertz CT molecular complexity index is 622. The zero-order valence-electron chi connectivity index (χ0n) is 13.0. The molecule has 0 radical (unpaired) electrons. The summed E-state index contributed by atoms with van der Waals surface area (Å²) < 4.78 is 0. The first-order chi connectivity index (χ1) is 10.2. The van der Waals surface area contributed by atoms with Crippen LogP contribution in [0.4, 0.5) is 0 Å². The standard InChI is InChI=1S/C19H25NO/c1-14-8-4-3-7-13-20(14)15(2)17-12-11-16-9-5-6-10-18(16)19(17)21/h5-6,9-12,14-15,21H,3-4,7-8,13H2,1-2H3. The Labute approximate surface area is 127 Å². The van der Waals surface area contributed by atoms with Gasteiger partial charge in [-0.05, 0) is 38.6 Å². The summed E-state index contributed by atoms with van der Waals surface area (Å²) in [5, 5.41) is 12.7. The van der Waals surface area contributed by atoms with E-state index in [9.17, 15) is 5.11 Å². The summed E-state index contributed by atoms with van der Waals surface area (Å²) in [7, 11) is 0. The lowest BCUT2D eigenvalue weighted by Crippen LogP contribution is -2.35. The predicted octanol–water partition coefficient (Wildman–Crippen LogP) is 4.87. The topological polar surface area (TPSA) is 23.5 Å². The lowest BCUT2D eigenvalue weighted by molar-refractivity contribution is 0.156. The highest BCUT2D eigenvalue weighted by Gasteiger charge is 2.25. The van der Waals surface area contributed by atoms with Crippen LogP contribution in [0.1, 0.15) is 51.1 Å². The van der Waals surface area contributed by atoms with Crippen molar-refractivity contribution in [2.45, 2.75) is 51.6 Å². The van der Waals surface area contributed by atoms with E-state index in [0.29, 0.717) is 11.8 Å². The number of benzene rings is 2. The fourth-order valence-electron chi connectivity index (χ4n) is 3.66. The van der Waals surface area contributed by atoms with Crippen molar-refractivity contribution in [2.24, 2.45) is 0 Å². The third kappa shape index (κ3) is 2.77. The molecule has 2 unspecified atom stereocenters. The molecule has 0 bridgehead atoms. The van der Waals surface area contributed by atoms with Gasteiger partial charge in [-0.2, -0.15) is 0 Å². The number of fused-ring (bicyclic) bond motifs is 1. The molecule has 2 nitrogen and oxygen atoms in total. The number of phenolic OH excluding ortho intramolecular Hbond substituents is 1. The second-order valence-electron chi connectivity index (χ2n) is 6.34. The zero-order valence-corrected chi connectivity index (χ0v) is 13.0. The molecule has 0 aliphatic carbocycles. The van der Waals surface area contributed by atoms with Gasteiger partial charge in [0.05, 0.1) is 0 Å². The highest BCUT2D eigenvalue weighted by atomic mass is 16.3. The Morgan fingerprint density at radius 2 is 1.90 bits per heavy atom. The van der Waals surface area contributed by atoms with Crippen LogP contribution in [0.25, 0.3) is 10.8 Å². The summed E-state index contributed by atoms with van der Waals surface area (Å²) in [5.41, 5.74) is 1.06. The zero-order chi connectivity index (χ0) is 14.8. The Hall–Kier alpha value is -1.54. The molecule has 1 N–H and O–H groups in total. The molecule has 2 aromatic rings. The lowest BCUT2D eigenvalue weighted by atomic mass is 9.99. The third-order valence-electron chi connectivity index (χ3n) is 4.98. The molecule has 112 valence electrons. The molecule has 1 fully saturated rings. The highest BCUT2D eigenvalue weighted by molar-refractivity contribution is 5.89. The molecule has 0 saturated carbocycles. The summed E-state index contributed by atoms with van der Waals surface area (Å²) in [6.45, 7) is 5.68. The molecular formula is C19H25NO. The monoisotopic (exact) mass is 283 g/mol. The first-order valence-corrected chi connectivity index (χ1v) is 8.15. The minimum Gasteiger partial charge on any atom is -0.507 e. The smallest absolute Gasteiger partial charge is 0.128 e. The Balaban J connectivity index is 1.97. The van der Waals surface area contributed by atoms with Gasteiger partial charge >= 0.3 is 0 Å². The number of likely N-dealkylation sites (tertiary alicyclic amines) is 1. The first-order valence-electron chi connectivity index (χ1n) is 8.15. The van der Waals surface area contributed by atoms with Crippen LogP contribution in [-0.2, 0) is 0 Å². The van der Waals surface area contributed by atoms with Crippen LogP contribution in [-0.4, -0.2) is 22.6 Å². The van der Waals surface area contributed by atoms with Gasteiger partial charge in [-0.3, -0.25) is 4.90 Å². The minimum atomic E-state index is 0.266. The summed E-state index contributed by atoms with van der Waals surface area (Å²) in [4.78, 5) is 2.55. The molecule has 0 aromatic heterocycles.